The number of hydrogen-bond acceptors (Lipinski definition) is 9. The lowest BCUT2D eigenvalue weighted by Gasteiger charge is -2.35. The molecule has 0 unspecified atom stereocenters. The lowest BCUT2D eigenvalue weighted by molar-refractivity contribution is -0.148. The molecule has 0 radical (unpaired) electrons. The van der Waals surface area contributed by atoms with Gasteiger partial charge in [-0.15, -0.1) is 0 Å². The van der Waals surface area contributed by atoms with Gasteiger partial charge < -0.3 is 34.5 Å². The van der Waals surface area contributed by atoms with Crippen molar-refractivity contribution in [3.63, 3.8) is 0 Å². The summed E-state index contributed by atoms with van der Waals surface area (Å²) >= 11 is 0. The molecule has 0 saturated carbocycles. The zero-order valence-electron chi connectivity index (χ0n) is 28.6. The van der Waals surface area contributed by atoms with Crippen LogP contribution in [0.3, 0.4) is 0 Å². The van der Waals surface area contributed by atoms with Crippen molar-refractivity contribution in [1.29, 1.82) is 0 Å². The highest BCUT2D eigenvalue weighted by Crippen LogP contribution is 2.22. The van der Waals surface area contributed by atoms with Gasteiger partial charge in [-0.1, -0.05) is 0 Å². The van der Waals surface area contributed by atoms with Gasteiger partial charge in [-0.25, -0.2) is 0 Å². The summed E-state index contributed by atoms with van der Waals surface area (Å²) in [6.07, 6.45) is 0.878. The summed E-state index contributed by atoms with van der Waals surface area (Å²) in [5, 5.41) is 5.41. The molecule has 1 rings (SSSR count). The maximum absolute atomic E-state index is 13.5. The monoisotopic (exact) mass is 628 g/mol. The Morgan fingerprint density at radius 3 is 1.73 bits per heavy atom. The maximum Gasteiger partial charge on any atom is 0.239 e. The number of imide groups is 1. The third-order valence-corrected chi connectivity index (χ3v) is 7.46. The van der Waals surface area contributed by atoms with E-state index >= 15 is 0 Å². The van der Waals surface area contributed by atoms with Gasteiger partial charge in [-0.3, -0.25) is 28.9 Å². The maximum atomic E-state index is 13.5. The Morgan fingerprint density at radius 1 is 0.750 bits per heavy atom. The molecule has 1 aliphatic heterocycles. The van der Waals surface area contributed by atoms with Crippen LogP contribution in [-0.4, -0.2) is 122 Å². The molecule has 0 aliphatic carbocycles. The largest absolute Gasteiger partial charge is 0.376 e. The zero-order chi connectivity index (χ0) is 33.8. The van der Waals surface area contributed by atoms with E-state index in [4.69, 9.17) is 18.9 Å². The van der Waals surface area contributed by atoms with Gasteiger partial charge in [-0.05, 0) is 61.8 Å². The minimum absolute atomic E-state index is 0.00739. The number of carbonyl (C=O) groups is 5. The Kier molecular flexibility index (Phi) is 15.4. The highest BCUT2D eigenvalue weighted by atomic mass is 16.6. The molecule has 1 heterocycles. The third-order valence-electron chi connectivity index (χ3n) is 7.46. The molecule has 0 bridgehead atoms. The number of hydrogen-bond donors (Lipinski definition) is 2. The second kappa shape index (κ2) is 17.2. The zero-order valence-corrected chi connectivity index (χ0v) is 28.6. The van der Waals surface area contributed by atoms with Gasteiger partial charge in [0.25, 0.3) is 0 Å². The van der Waals surface area contributed by atoms with Crippen molar-refractivity contribution >= 4 is 29.5 Å². The summed E-state index contributed by atoms with van der Waals surface area (Å²) in [4.78, 5) is 64.5. The summed E-state index contributed by atoms with van der Waals surface area (Å²) in [5.74, 6) is -1.48. The minimum atomic E-state index is -0.801. The van der Waals surface area contributed by atoms with E-state index in [1.54, 1.807) is 14.2 Å². The number of nitrogens with zero attached hydrogens (tertiary/aromatic N) is 2. The molecule has 13 heteroatoms. The van der Waals surface area contributed by atoms with Gasteiger partial charge in [-0.2, -0.15) is 0 Å². The van der Waals surface area contributed by atoms with E-state index in [2.05, 4.69) is 10.6 Å². The summed E-state index contributed by atoms with van der Waals surface area (Å²) in [7, 11) is 3.22. The lowest BCUT2D eigenvalue weighted by atomic mass is 10.0. The highest BCUT2D eigenvalue weighted by Gasteiger charge is 2.32. The molecular formula is C31H56N4O9. The highest BCUT2D eigenvalue weighted by molar-refractivity contribution is 6.02. The van der Waals surface area contributed by atoms with Crippen LogP contribution in [0, 0.1) is 0 Å². The minimum Gasteiger partial charge on any atom is -0.376 e. The Hall–Kier alpha value is -2.61. The second-order valence-corrected chi connectivity index (χ2v) is 13.7. The first-order valence-corrected chi connectivity index (χ1v) is 15.2. The van der Waals surface area contributed by atoms with Crippen molar-refractivity contribution in [1.82, 2.24) is 20.4 Å². The van der Waals surface area contributed by atoms with Crippen LogP contribution >= 0.6 is 0 Å². The number of carbonyl (C=O) groups excluding carboxylic acids is 5. The number of ether oxygens (including phenoxy) is 4. The van der Waals surface area contributed by atoms with Gasteiger partial charge in [0.05, 0.1) is 48.6 Å². The van der Waals surface area contributed by atoms with Gasteiger partial charge in [0, 0.05) is 59.7 Å². The predicted octanol–water partition coefficient (Wildman–Crippen LogP) is 1.81. The summed E-state index contributed by atoms with van der Waals surface area (Å²) < 4.78 is 23.0. The molecule has 1 aliphatic rings. The third kappa shape index (κ3) is 15.4. The molecule has 44 heavy (non-hydrogen) atoms. The molecule has 13 nitrogen and oxygen atoms in total. The molecular weight excluding hydrogens is 572 g/mol. The molecule has 0 aromatic rings. The predicted molar refractivity (Wildman–Crippen MR) is 165 cm³/mol. The van der Waals surface area contributed by atoms with E-state index in [1.165, 1.54) is 4.90 Å². The number of amides is 5. The van der Waals surface area contributed by atoms with E-state index in [-0.39, 0.29) is 94.5 Å². The molecule has 1 fully saturated rings. The number of methoxy groups -OCH3 is 2. The summed E-state index contributed by atoms with van der Waals surface area (Å²) in [5.41, 5.74) is -2.38. The normalized spacial score (nSPS) is 14.6. The molecule has 0 atom stereocenters. The second-order valence-electron chi connectivity index (χ2n) is 13.7. The molecule has 0 aromatic carbocycles. The van der Waals surface area contributed by atoms with Crippen molar-refractivity contribution in [3.8, 4) is 0 Å². The van der Waals surface area contributed by atoms with Crippen LogP contribution in [-0.2, 0) is 42.9 Å². The van der Waals surface area contributed by atoms with Crippen molar-refractivity contribution < 1.29 is 42.9 Å². The topological polar surface area (TPSA) is 153 Å². The molecule has 0 spiro atoms. The van der Waals surface area contributed by atoms with Crippen LogP contribution in [0.2, 0.25) is 0 Å². The molecule has 5 amide bonds. The Morgan fingerprint density at radius 2 is 1.23 bits per heavy atom. The SMILES string of the molecule is COC(C)(C)COC(C)(C)CCN(CC(=O)NCCNC(=O)CCN1C(=O)CCC1=O)C(=O)CC(C)(C)OCC(C)(C)OC. The Bertz CT molecular complexity index is 979. The van der Waals surface area contributed by atoms with Crippen molar-refractivity contribution in [3.05, 3.63) is 0 Å². The van der Waals surface area contributed by atoms with Crippen LogP contribution < -0.4 is 10.6 Å². The van der Waals surface area contributed by atoms with Crippen molar-refractivity contribution in [2.75, 3.05) is 60.2 Å². The first-order chi connectivity index (χ1) is 20.2. The molecule has 2 N–H and O–H groups in total. The summed E-state index contributed by atoms with van der Waals surface area (Å²) in [6, 6.07) is 0. The number of likely N-dealkylation sites (tertiary alicyclic amines) is 1. The van der Waals surface area contributed by atoms with E-state index in [1.807, 2.05) is 55.4 Å². The van der Waals surface area contributed by atoms with E-state index in [0.717, 1.165) is 4.90 Å². The first kappa shape index (κ1) is 39.4. The van der Waals surface area contributed by atoms with Crippen LogP contribution in [0.1, 0.15) is 87.5 Å². The fraction of sp³-hybridized carbons (Fsp3) is 0.839. The van der Waals surface area contributed by atoms with Crippen LogP contribution in [0.25, 0.3) is 0 Å². The van der Waals surface area contributed by atoms with E-state index < -0.39 is 22.4 Å². The van der Waals surface area contributed by atoms with Gasteiger partial charge in [0.1, 0.15) is 0 Å². The van der Waals surface area contributed by atoms with Crippen LogP contribution in [0.4, 0.5) is 0 Å². The van der Waals surface area contributed by atoms with Crippen molar-refractivity contribution in [2.45, 2.75) is 110 Å². The molecule has 254 valence electrons. The standard InChI is InChI=1S/C31H56N4O9/c1-28(2,43-21-30(5,6)41-9)14-18-34(27(40)19-29(3,4)44-22-31(7,8)42-10)20-24(37)33-16-15-32-23(36)13-17-35-25(38)11-12-26(35)39/h11-22H2,1-10H3,(H,32,36)(H,33,37). The van der Waals surface area contributed by atoms with Crippen LogP contribution in [0.15, 0.2) is 0 Å². The van der Waals surface area contributed by atoms with Crippen LogP contribution in [0.5, 0.6) is 0 Å². The first-order valence-electron chi connectivity index (χ1n) is 15.2. The van der Waals surface area contributed by atoms with Gasteiger partial charge >= 0.3 is 0 Å². The fourth-order valence-corrected chi connectivity index (χ4v) is 3.96. The number of rotatable bonds is 21. The van der Waals surface area contributed by atoms with E-state index in [9.17, 15) is 24.0 Å². The Labute approximate surface area is 263 Å². The quantitative estimate of drug-likeness (QED) is 0.143. The van der Waals surface area contributed by atoms with E-state index in [0.29, 0.717) is 13.0 Å². The van der Waals surface area contributed by atoms with Crippen molar-refractivity contribution in [2.24, 2.45) is 0 Å². The van der Waals surface area contributed by atoms with Gasteiger partial charge in [0.15, 0.2) is 0 Å². The average molecular weight is 629 g/mol. The number of nitrogens with one attached hydrogen (secondary N) is 2. The fourth-order valence-electron chi connectivity index (χ4n) is 3.96. The Balaban J connectivity index is 2.72. The average Bonchev–Trinajstić information content (AvgIpc) is 3.26. The summed E-state index contributed by atoms with van der Waals surface area (Å²) in [6.45, 7) is 16.2. The molecule has 1 saturated heterocycles. The lowest BCUT2D eigenvalue weighted by Crippen LogP contribution is -2.47. The smallest absolute Gasteiger partial charge is 0.239 e. The molecule has 0 aromatic heterocycles. The van der Waals surface area contributed by atoms with Gasteiger partial charge in [0.2, 0.25) is 29.5 Å².